The Morgan fingerprint density at radius 3 is 3.00 bits per heavy atom. The van der Waals surface area contributed by atoms with E-state index >= 15 is 0 Å². The Morgan fingerprint density at radius 2 is 2.25 bits per heavy atom. The van der Waals surface area contributed by atoms with Crippen LogP contribution in [-0.2, 0) is 4.74 Å². The maximum absolute atomic E-state index is 12.2. The summed E-state index contributed by atoms with van der Waals surface area (Å²) >= 11 is 0. The Kier molecular flexibility index (Phi) is 5.80. The largest absolute Gasteiger partial charge is 0.382 e. The number of carbonyl (C=O) groups is 1. The third kappa shape index (κ3) is 3.93. The predicted molar refractivity (Wildman–Crippen MR) is 79.1 cm³/mol. The number of ether oxygens (including phenoxy) is 1. The molecule has 0 bridgehead atoms. The zero-order valence-electron chi connectivity index (χ0n) is 12.1. The van der Waals surface area contributed by atoms with Gasteiger partial charge in [-0.2, -0.15) is 0 Å². The topological polar surface area (TPSA) is 54.5 Å². The van der Waals surface area contributed by atoms with Crippen LogP contribution in [0.4, 0.5) is 5.82 Å². The van der Waals surface area contributed by atoms with Crippen LogP contribution in [0.1, 0.15) is 36.5 Å². The lowest BCUT2D eigenvalue weighted by Gasteiger charge is -2.19. The van der Waals surface area contributed by atoms with E-state index in [1.54, 1.807) is 6.20 Å². The van der Waals surface area contributed by atoms with Crippen molar-refractivity contribution in [3.8, 4) is 0 Å². The van der Waals surface area contributed by atoms with Crippen LogP contribution >= 0.6 is 0 Å². The van der Waals surface area contributed by atoms with Gasteiger partial charge < -0.3 is 15.0 Å². The number of hydrogen-bond donors (Lipinski definition) is 1. The summed E-state index contributed by atoms with van der Waals surface area (Å²) < 4.78 is 5.25. The first kappa shape index (κ1) is 14.8. The zero-order chi connectivity index (χ0) is 14.2. The molecule has 0 unspecified atom stereocenters. The molecule has 5 heteroatoms. The standard InChI is InChI=1S/C15H23N3O2/c1-2-20-12-6-9-17-15(19)13-7-5-8-16-14(13)18-10-3-4-11-18/h5,7-8H,2-4,6,9-12H2,1H3,(H,17,19). The summed E-state index contributed by atoms with van der Waals surface area (Å²) in [5, 5.41) is 2.94. The van der Waals surface area contributed by atoms with Crippen LogP contribution in [0.15, 0.2) is 18.3 Å². The Morgan fingerprint density at radius 1 is 1.45 bits per heavy atom. The Bertz CT molecular complexity index is 431. The second-order valence-electron chi connectivity index (χ2n) is 4.88. The quantitative estimate of drug-likeness (QED) is 0.773. The average molecular weight is 277 g/mol. The van der Waals surface area contributed by atoms with Crippen molar-refractivity contribution in [2.24, 2.45) is 0 Å². The van der Waals surface area contributed by atoms with Gasteiger partial charge in [0.25, 0.3) is 5.91 Å². The molecule has 1 aliphatic heterocycles. The van der Waals surface area contributed by atoms with Gasteiger partial charge in [-0.05, 0) is 38.3 Å². The Balaban J connectivity index is 1.92. The van der Waals surface area contributed by atoms with Gasteiger partial charge in [-0.1, -0.05) is 0 Å². The number of amides is 1. The van der Waals surface area contributed by atoms with Crippen LogP contribution in [0.2, 0.25) is 0 Å². The number of pyridine rings is 1. The Hall–Kier alpha value is -1.62. The minimum absolute atomic E-state index is 0.0449. The molecule has 20 heavy (non-hydrogen) atoms. The predicted octanol–water partition coefficient (Wildman–Crippen LogP) is 1.84. The van der Waals surface area contributed by atoms with Gasteiger partial charge in [0.15, 0.2) is 0 Å². The van der Waals surface area contributed by atoms with Crippen molar-refractivity contribution in [3.05, 3.63) is 23.9 Å². The molecule has 0 spiro atoms. The summed E-state index contributed by atoms with van der Waals surface area (Å²) in [6.07, 6.45) is 4.93. The molecule has 1 fully saturated rings. The van der Waals surface area contributed by atoms with E-state index in [4.69, 9.17) is 4.74 Å². The molecule has 1 amide bonds. The fraction of sp³-hybridized carbons (Fsp3) is 0.600. The van der Waals surface area contributed by atoms with Gasteiger partial charge in [-0.3, -0.25) is 4.79 Å². The van der Waals surface area contributed by atoms with Crippen molar-refractivity contribution in [1.29, 1.82) is 0 Å². The van der Waals surface area contributed by atoms with Gasteiger partial charge in [-0.25, -0.2) is 4.98 Å². The minimum Gasteiger partial charge on any atom is -0.382 e. The molecule has 1 aromatic rings. The average Bonchev–Trinajstić information content (AvgIpc) is 3.01. The van der Waals surface area contributed by atoms with Gasteiger partial charge in [0.2, 0.25) is 0 Å². The van der Waals surface area contributed by atoms with Crippen molar-refractivity contribution in [1.82, 2.24) is 10.3 Å². The molecule has 1 N–H and O–H groups in total. The normalized spacial score (nSPS) is 14.6. The van der Waals surface area contributed by atoms with Crippen LogP contribution in [0.25, 0.3) is 0 Å². The number of aromatic nitrogens is 1. The number of hydrogen-bond acceptors (Lipinski definition) is 4. The van der Waals surface area contributed by atoms with Crippen LogP contribution in [0.3, 0.4) is 0 Å². The zero-order valence-corrected chi connectivity index (χ0v) is 12.1. The first-order chi connectivity index (χ1) is 9.83. The molecule has 0 saturated carbocycles. The highest BCUT2D eigenvalue weighted by Gasteiger charge is 2.20. The van der Waals surface area contributed by atoms with Crippen LogP contribution in [0.5, 0.6) is 0 Å². The van der Waals surface area contributed by atoms with Crippen molar-refractivity contribution in [2.75, 3.05) is 37.7 Å². The molecule has 110 valence electrons. The number of carbonyl (C=O) groups excluding carboxylic acids is 1. The fourth-order valence-electron chi connectivity index (χ4n) is 2.37. The number of nitrogens with zero attached hydrogens (tertiary/aromatic N) is 2. The third-order valence-electron chi connectivity index (χ3n) is 3.39. The summed E-state index contributed by atoms with van der Waals surface area (Å²) in [5.41, 5.74) is 0.672. The molecule has 0 aliphatic carbocycles. The molecular weight excluding hydrogens is 254 g/mol. The van der Waals surface area contributed by atoms with E-state index in [-0.39, 0.29) is 5.91 Å². The third-order valence-corrected chi connectivity index (χ3v) is 3.39. The molecule has 0 aromatic carbocycles. The monoisotopic (exact) mass is 277 g/mol. The summed E-state index contributed by atoms with van der Waals surface area (Å²) in [6.45, 7) is 5.98. The van der Waals surface area contributed by atoms with E-state index in [1.807, 2.05) is 19.1 Å². The second kappa shape index (κ2) is 7.85. The van der Waals surface area contributed by atoms with Crippen molar-refractivity contribution in [2.45, 2.75) is 26.2 Å². The highest BCUT2D eigenvalue weighted by molar-refractivity contribution is 5.98. The SMILES string of the molecule is CCOCCCNC(=O)c1cccnc1N1CCCC1. The molecular formula is C15H23N3O2. The molecule has 1 aromatic heterocycles. The maximum Gasteiger partial charge on any atom is 0.255 e. The summed E-state index contributed by atoms with van der Waals surface area (Å²) in [7, 11) is 0. The Labute approximate surface area is 120 Å². The fourth-order valence-corrected chi connectivity index (χ4v) is 2.37. The molecule has 0 atom stereocenters. The van der Waals surface area contributed by atoms with Gasteiger partial charge in [0, 0.05) is 39.0 Å². The van der Waals surface area contributed by atoms with Crippen LogP contribution in [-0.4, -0.2) is 43.7 Å². The van der Waals surface area contributed by atoms with Crippen molar-refractivity contribution in [3.63, 3.8) is 0 Å². The lowest BCUT2D eigenvalue weighted by atomic mass is 10.2. The van der Waals surface area contributed by atoms with E-state index in [9.17, 15) is 4.79 Å². The second-order valence-corrected chi connectivity index (χ2v) is 4.88. The lowest BCUT2D eigenvalue weighted by molar-refractivity contribution is 0.0944. The number of nitrogens with one attached hydrogen (secondary N) is 1. The highest BCUT2D eigenvalue weighted by Crippen LogP contribution is 2.21. The van der Waals surface area contributed by atoms with E-state index in [1.165, 1.54) is 12.8 Å². The molecule has 2 heterocycles. The van der Waals surface area contributed by atoms with Gasteiger partial charge in [-0.15, -0.1) is 0 Å². The van der Waals surface area contributed by atoms with E-state index in [0.717, 1.165) is 31.9 Å². The first-order valence-electron chi connectivity index (χ1n) is 7.39. The maximum atomic E-state index is 12.2. The van der Waals surface area contributed by atoms with E-state index in [0.29, 0.717) is 18.7 Å². The van der Waals surface area contributed by atoms with Gasteiger partial charge in [0.05, 0.1) is 5.56 Å². The summed E-state index contributed by atoms with van der Waals surface area (Å²) in [4.78, 5) is 18.8. The number of anilines is 1. The van der Waals surface area contributed by atoms with Gasteiger partial charge >= 0.3 is 0 Å². The lowest BCUT2D eigenvalue weighted by Crippen LogP contribution is -2.29. The molecule has 1 aliphatic rings. The van der Waals surface area contributed by atoms with Crippen molar-refractivity contribution >= 4 is 11.7 Å². The van der Waals surface area contributed by atoms with Crippen LogP contribution in [0, 0.1) is 0 Å². The molecule has 0 radical (unpaired) electrons. The van der Waals surface area contributed by atoms with E-state index in [2.05, 4.69) is 15.2 Å². The van der Waals surface area contributed by atoms with E-state index < -0.39 is 0 Å². The summed E-state index contributed by atoms with van der Waals surface area (Å²) in [5.74, 6) is 0.767. The van der Waals surface area contributed by atoms with Gasteiger partial charge in [0.1, 0.15) is 5.82 Å². The minimum atomic E-state index is -0.0449. The van der Waals surface area contributed by atoms with Crippen LogP contribution < -0.4 is 10.2 Å². The molecule has 1 saturated heterocycles. The number of rotatable bonds is 7. The van der Waals surface area contributed by atoms with Crippen molar-refractivity contribution < 1.29 is 9.53 Å². The molecule has 5 nitrogen and oxygen atoms in total. The smallest absolute Gasteiger partial charge is 0.255 e. The summed E-state index contributed by atoms with van der Waals surface area (Å²) in [6, 6.07) is 3.66. The molecule has 2 rings (SSSR count). The highest BCUT2D eigenvalue weighted by atomic mass is 16.5. The first-order valence-corrected chi connectivity index (χ1v) is 7.39.